The molecule has 0 aliphatic carbocycles. The predicted molar refractivity (Wildman–Crippen MR) is 118 cm³/mol. The Balaban J connectivity index is 2.09. The molecule has 3 rings (SSSR count). The average Bonchev–Trinajstić information content (AvgIpc) is 3.16. The van der Waals surface area contributed by atoms with Crippen LogP contribution in [0.5, 0.6) is 5.75 Å². The lowest BCUT2D eigenvalue weighted by Gasteiger charge is -2.34. The first kappa shape index (κ1) is 23.8. The van der Waals surface area contributed by atoms with Crippen LogP contribution in [0.4, 0.5) is 4.79 Å². The van der Waals surface area contributed by atoms with Crippen LogP contribution in [0, 0.1) is 12.8 Å². The number of rotatable bonds is 4. The molecule has 0 unspecified atom stereocenters. The van der Waals surface area contributed by atoms with Gasteiger partial charge in [-0.25, -0.2) is 9.59 Å². The Hall–Kier alpha value is -2.81. The molecule has 176 valence electrons. The maximum atomic E-state index is 13.2. The SMILES string of the molecule is COc1ccc(-n2nc([C@@H]3[C@@H](C(C)C)OC(C)(C)N3C(=O)OC(C)(C)C)oc2=O)c(C)c1. The minimum absolute atomic E-state index is 0.0184. The number of nitrogens with zero attached hydrogens (tertiary/aromatic N) is 3. The molecule has 9 heteroatoms. The highest BCUT2D eigenvalue weighted by Crippen LogP contribution is 2.44. The molecule has 0 saturated carbocycles. The van der Waals surface area contributed by atoms with E-state index in [1.807, 2.05) is 26.8 Å². The molecule has 0 spiro atoms. The van der Waals surface area contributed by atoms with E-state index in [2.05, 4.69) is 5.10 Å². The lowest BCUT2D eigenvalue weighted by atomic mass is 9.99. The van der Waals surface area contributed by atoms with Gasteiger partial charge in [-0.3, -0.25) is 4.90 Å². The highest BCUT2D eigenvalue weighted by atomic mass is 16.6. The van der Waals surface area contributed by atoms with Gasteiger partial charge >= 0.3 is 11.8 Å². The number of methoxy groups -OCH3 is 1. The summed E-state index contributed by atoms with van der Waals surface area (Å²) < 4.78 is 23.9. The molecule has 2 aromatic rings. The maximum Gasteiger partial charge on any atom is 0.442 e. The summed E-state index contributed by atoms with van der Waals surface area (Å²) in [5.41, 5.74) is -0.332. The largest absolute Gasteiger partial charge is 0.497 e. The van der Waals surface area contributed by atoms with E-state index in [1.165, 1.54) is 9.58 Å². The average molecular weight is 448 g/mol. The normalized spacial score (nSPS) is 20.6. The topological polar surface area (TPSA) is 96.0 Å². The van der Waals surface area contributed by atoms with Gasteiger partial charge in [-0.15, -0.1) is 5.10 Å². The van der Waals surface area contributed by atoms with E-state index >= 15 is 0 Å². The summed E-state index contributed by atoms with van der Waals surface area (Å²) in [5, 5.41) is 4.47. The van der Waals surface area contributed by atoms with Crippen molar-refractivity contribution in [2.45, 2.75) is 78.9 Å². The van der Waals surface area contributed by atoms with Gasteiger partial charge in [0.15, 0.2) is 0 Å². The summed E-state index contributed by atoms with van der Waals surface area (Å²) in [4.78, 5) is 27.4. The molecule has 1 amide bonds. The van der Waals surface area contributed by atoms with Crippen molar-refractivity contribution in [3.8, 4) is 11.4 Å². The van der Waals surface area contributed by atoms with Crippen LogP contribution in [-0.4, -0.2) is 45.3 Å². The molecular formula is C23H33N3O6. The molecule has 32 heavy (non-hydrogen) atoms. The van der Waals surface area contributed by atoms with Gasteiger partial charge in [0.05, 0.1) is 18.9 Å². The minimum Gasteiger partial charge on any atom is -0.497 e. The summed E-state index contributed by atoms with van der Waals surface area (Å²) in [6.07, 6.45) is -1.01. The summed E-state index contributed by atoms with van der Waals surface area (Å²) >= 11 is 0. The third kappa shape index (κ3) is 4.53. The number of hydrogen-bond donors (Lipinski definition) is 0. The van der Waals surface area contributed by atoms with Crippen LogP contribution in [0.2, 0.25) is 0 Å². The zero-order valence-electron chi connectivity index (χ0n) is 20.3. The van der Waals surface area contributed by atoms with Gasteiger partial charge in [-0.1, -0.05) is 13.8 Å². The van der Waals surface area contributed by atoms with Crippen molar-refractivity contribution < 1.29 is 23.4 Å². The molecule has 1 fully saturated rings. The summed E-state index contributed by atoms with van der Waals surface area (Å²) in [6.45, 7) is 14.8. The number of hydrogen-bond acceptors (Lipinski definition) is 7. The van der Waals surface area contributed by atoms with Gasteiger partial charge in [0.25, 0.3) is 0 Å². The van der Waals surface area contributed by atoms with E-state index in [4.69, 9.17) is 18.6 Å². The number of carbonyl (C=O) groups excluding carboxylic acids is 1. The van der Waals surface area contributed by atoms with Crippen LogP contribution in [0.25, 0.3) is 5.69 Å². The molecular weight excluding hydrogens is 414 g/mol. The van der Waals surface area contributed by atoms with Crippen molar-refractivity contribution >= 4 is 6.09 Å². The van der Waals surface area contributed by atoms with E-state index in [1.54, 1.807) is 53.9 Å². The zero-order chi connectivity index (χ0) is 24.0. The molecule has 1 aliphatic rings. The van der Waals surface area contributed by atoms with Gasteiger partial charge < -0.3 is 18.6 Å². The Morgan fingerprint density at radius 2 is 1.91 bits per heavy atom. The molecule has 1 aliphatic heterocycles. The van der Waals surface area contributed by atoms with Crippen LogP contribution in [0.1, 0.15) is 66.0 Å². The van der Waals surface area contributed by atoms with E-state index in [0.29, 0.717) is 11.4 Å². The molecule has 0 N–H and O–H groups in total. The number of carbonyl (C=O) groups is 1. The molecule has 0 radical (unpaired) electrons. The van der Waals surface area contributed by atoms with Crippen molar-refractivity contribution in [2.75, 3.05) is 7.11 Å². The number of aryl methyl sites for hydroxylation is 1. The van der Waals surface area contributed by atoms with Gasteiger partial charge in [-0.2, -0.15) is 4.68 Å². The predicted octanol–water partition coefficient (Wildman–Crippen LogP) is 4.21. The van der Waals surface area contributed by atoms with E-state index in [-0.39, 0.29) is 11.8 Å². The Kier molecular flexibility index (Phi) is 6.16. The molecule has 1 aromatic carbocycles. The first-order valence-electron chi connectivity index (χ1n) is 10.7. The Morgan fingerprint density at radius 3 is 2.44 bits per heavy atom. The number of ether oxygens (including phenoxy) is 3. The number of benzene rings is 1. The number of amides is 1. The van der Waals surface area contributed by atoms with Crippen LogP contribution in [0.3, 0.4) is 0 Å². The van der Waals surface area contributed by atoms with E-state index < -0.39 is 35.3 Å². The van der Waals surface area contributed by atoms with E-state index in [9.17, 15) is 9.59 Å². The van der Waals surface area contributed by atoms with Crippen LogP contribution >= 0.6 is 0 Å². The van der Waals surface area contributed by atoms with E-state index in [0.717, 1.165) is 5.56 Å². The third-order valence-corrected chi connectivity index (χ3v) is 5.29. The van der Waals surface area contributed by atoms with Crippen molar-refractivity contribution in [3.05, 3.63) is 40.2 Å². The van der Waals surface area contributed by atoms with Crippen molar-refractivity contribution in [1.29, 1.82) is 0 Å². The fourth-order valence-corrected chi connectivity index (χ4v) is 3.89. The first-order valence-corrected chi connectivity index (χ1v) is 10.7. The van der Waals surface area contributed by atoms with Crippen LogP contribution in [0.15, 0.2) is 27.4 Å². The Morgan fingerprint density at radius 1 is 1.25 bits per heavy atom. The first-order chi connectivity index (χ1) is 14.7. The van der Waals surface area contributed by atoms with Crippen molar-refractivity contribution in [1.82, 2.24) is 14.7 Å². The molecule has 2 heterocycles. The van der Waals surface area contributed by atoms with Gasteiger partial charge in [0.2, 0.25) is 5.89 Å². The molecule has 0 bridgehead atoms. The third-order valence-electron chi connectivity index (χ3n) is 5.29. The van der Waals surface area contributed by atoms with Crippen LogP contribution in [-0.2, 0) is 9.47 Å². The summed E-state index contributed by atoms with van der Waals surface area (Å²) in [6, 6.07) is 4.56. The second-order valence-corrected chi connectivity index (χ2v) is 9.84. The van der Waals surface area contributed by atoms with Gasteiger partial charge in [-0.05, 0) is 71.2 Å². The molecule has 1 aromatic heterocycles. The highest BCUT2D eigenvalue weighted by molar-refractivity contribution is 5.70. The fraction of sp³-hybridized carbons (Fsp3) is 0.609. The molecule has 2 atom stereocenters. The lowest BCUT2D eigenvalue weighted by molar-refractivity contribution is -0.0864. The second-order valence-electron chi connectivity index (χ2n) is 9.84. The quantitative estimate of drug-likeness (QED) is 0.693. The van der Waals surface area contributed by atoms with Crippen molar-refractivity contribution in [2.24, 2.45) is 5.92 Å². The number of aromatic nitrogens is 2. The van der Waals surface area contributed by atoms with Gasteiger partial charge in [0, 0.05) is 0 Å². The molecule has 1 saturated heterocycles. The maximum absolute atomic E-state index is 13.2. The zero-order valence-corrected chi connectivity index (χ0v) is 20.3. The van der Waals surface area contributed by atoms with Crippen molar-refractivity contribution in [3.63, 3.8) is 0 Å². The van der Waals surface area contributed by atoms with Crippen LogP contribution < -0.4 is 10.5 Å². The van der Waals surface area contributed by atoms with Gasteiger partial charge in [0.1, 0.15) is 23.1 Å². The smallest absolute Gasteiger partial charge is 0.442 e. The monoisotopic (exact) mass is 447 g/mol. The standard InChI is InChI=1S/C23H33N3O6/c1-13(2)18-17(25(23(7,8)31-18)20(27)32-22(4,5)6)19-24-26(21(28)30-19)16-11-10-15(29-9)12-14(16)3/h10-13,17-18H,1-9H3/t17-,18+/m0/s1. The Labute approximate surface area is 188 Å². The molecule has 9 nitrogen and oxygen atoms in total. The summed E-state index contributed by atoms with van der Waals surface area (Å²) in [7, 11) is 1.58. The Bertz CT molecular complexity index is 1050. The lowest BCUT2D eigenvalue weighted by Crippen LogP contribution is -2.47. The fourth-order valence-electron chi connectivity index (χ4n) is 3.89. The highest BCUT2D eigenvalue weighted by Gasteiger charge is 2.55. The minimum atomic E-state index is -0.986. The second kappa shape index (κ2) is 8.27. The summed E-state index contributed by atoms with van der Waals surface area (Å²) in [5.74, 6) is 0.139.